The van der Waals surface area contributed by atoms with Gasteiger partial charge in [0, 0.05) is 5.39 Å². The van der Waals surface area contributed by atoms with Crippen LogP contribution in [0.25, 0.3) is 10.9 Å². The van der Waals surface area contributed by atoms with Crippen molar-refractivity contribution in [2.45, 2.75) is 0 Å². The molecule has 15 heavy (non-hydrogen) atoms. The lowest BCUT2D eigenvalue weighted by Crippen LogP contribution is -1.99. The summed E-state index contributed by atoms with van der Waals surface area (Å²) >= 11 is 5.64. The lowest BCUT2D eigenvalue weighted by Gasteiger charge is -2.02. The molecule has 0 amide bonds. The van der Waals surface area contributed by atoms with Gasteiger partial charge in [0.15, 0.2) is 0 Å². The number of hydrogen-bond donors (Lipinski definition) is 1. The van der Waals surface area contributed by atoms with Crippen LogP contribution < -0.4 is 0 Å². The van der Waals surface area contributed by atoms with Gasteiger partial charge < -0.3 is 5.11 Å². The van der Waals surface area contributed by atoms with Gasteiger partial charge in [-0.2, -0.15) is 0 Å². The number of halogens is 2. The van der Waals surface area contributed by atoms with Crippen LogP contribution in [0.3, 0.4) is 0 Å². The average Bonchev–Trinajstić information content (AvgIpc) is 2.17. The Kier molecular flexibility index (Phi) is 2.28. The molecule has 0 aliphatic heterocycles. The monoisotopic (exact) mass is 225 g/mol. The first-order valence-corrected chi connectivity index (χ1v) is 4.45. The van der Waals surface area contributed by atoms with E-state index < -0.39 is 11.8 Å². The number of carbonyl (C=O) groups is 1. The molecule has 0 aliphatic carbocycles. The fourth-order valence-electron chi connectivity index (χ4n) is 1.34. The normalized spacial score (nSPS) is 10.5. The van der Waals surface area contributed by atoms with Crippen molar-refractivity contribution in [3.05, 3.63) is 40.8 Å². The largest absolute Gasteiger partial charge is 0.478 e. The van der Waals surface area contributed by atoms with E-state index >= 15 is 0 Å². The number of pyridine rings is 1. The number of nitrogens with zero attached hydrogens (tertiary/aromatic N) is 1. The van der Waals surface area contributed by atoms with E-state index in [1.54, 1.807) is 0 Å². The molecule has 76 valence electrons. The van der Waals surface area contributed by atoms with Crippen LogP contribution in [-0.2, 0) is 0 Å². The second kappa shape index (κ2) is 3.47. The van der Waals surface area contributed by atoms with Crippen LogP contribution >= 0.6 is 11.6 Å². The van der Waals surface area contributed by atoms with Crippen molar-refractivity contribution in [1.82, 2.24) is 4.98 Å². The van der Waals surface area contributed by atoms with Crippen LogP contribution in [0.1, 0.15) is 10.4 Å². The zero-order valence-electron chi connectivity index (χ0n) is 7.37. The van der Waals surface area contributed by atoms with Crippen LogP contribution in [0, 0.1) is 5.82 Å². The Bertz CT molecular complexity index is 556. The highest BCUT2D eigenvalue weighted by Gasteiger charge is 2.11. The molecular formula is C10H5ClFNO2. The number of rotatable bonds is 1. The molecule has 1 aromatic heterocycles. The highest BCUT2D eigenvalue weighted by molar-refractivity contribution is 6.30. The topological polar surface area (TPSA) is 50.2 Å². The van der Waals surface area contributed by atoms with Crippen molar-refractivity contribution >= 4 is 28.5 Å². The number of benzene rings is 1. The molecule has 0 atom stereocenters. The summed E-state index contributed by atoms with van der Waals surface area (Å²) < 4.78 is 12.9. The summed E-state index contributed by atoms with van der Waals surface area (Å²) in [6.45, 7) is 0. The summed E-state index contributed by atoms with van der Waals surface area (Å²) in [7, 11) is 0. The maximum Gasteiger partial charge on any atom is 0.336 e. The van der Waals surface area contributed by atoms with Crippen molar-refractivity contribution < 1.29 is 14.3 Å². The Morgan fingerprint density at radius 3 is 2.80 bits per heavy atom. The maximum atomic E-state index is 12.9. The average molecular weight is 226 g/mol. The van der Waals surface area contributed by atoms with E-state index in [0.717, 1.165) is 6.07 Å². The molecule has 0 spiro atoms. The molecule has 1 heterocycles. The predicted molar refractivity (Wildman–Crippen MR) is 53.7 cm³/mol. The molecule has 0 saturated carbocycles. The molecule has 5 heteroatoms. The Hall–Kier alpha value is -1.68. The second-order valence-corrected chi connectivity index (χ2v) is 3.35. The maximum absolute atomic E-state index is 12.9. The highest BCUT2D eigenvalue weighted by atomic mass is 35.5. The van der Waals surface area contributed by atoms with Crippen molar-refractivity contribution in [3.8, 4) is 0 Å². The number of carboxylic acid groups (broad SMARTS) is 1. The smallest absolute Gasteiger partial charge is 0.336 e. The molecule has 1 aromatic carbocycles. The Balaban J connectivity index is 2.87. The van der Waals surface area contributed by atoms with E-state index in [2.05, 4.69) is 4.98 Å². The molecule has 0 saturated heterocycles. The summed E-state index contributed by atoms with van der Waals surface area (Å²) in [5.41, 5.74) is 0.311. The van der Waals surface area contributed by atoms with Gasteiger partial charge >= 0.3 is 5.97 Å². The lowest BCUT2D eigenvalue weighted by atomic mass is 10.1. The van der Waals surface area contributed by atoms with E-state index in [1.807, 2.05) is 0 Å². The van der Waals surface area contributed by atoms with Crippen molar-refractivity contribution in [1.29, 1.82) is 0 Å². The standard InChI is InChI=1S/C10H5ClFNO2/c11-9-4-7(10(14)15)6-3-5(12)1-2-8(6)13-9/h1-4H,(H,14,15). The quantitative estimate of drug-likeness (QED) is 0.760. The molecule has 2 aromatic rings. The zero-order chi connectivity index (χ0) is 11.0. The summed E-state index contributed by atoms with van der Waals surface area (Å²) in [6, 6.07) is 4.92. The van der Waals surface area contributed by atoms with Crippen LogP contribution in [0.15, 0.2) is 24.3 Å². The third kappa shape index (κ3) is 1.76. The first-order chi connectivity index (χ1) is 7.08. The third-order valence-electron chi connectivity index (χ3n) is 1.97. The first kappa shape index (κ1) is 9.86. The van der Waals surface area contributed by atoms with Gasteiger partial charge in [-0.3, -0.25) is 0 Å². The van der Waals surface area contributed by atoms with Crippen LogP contribution in [0.2, 0.25) is 5.15 Å². The molecular weight excluding hydrogens is 221 g/mol. The number of hydrogen-bond acceptors (Lipinski definition) is 2. The zero-order valence-corrected chi connectivity index (χ0v) is 8.12. The van der Waals surface area contributed by atoms with Crippen molar-refractivity contribution in [2.24, 2.45) is 0 Å². The lowest BCUT2D eigenvalue weighted by molar-refractivity contribution is 0.0699. The molecule has 0 aliphatic rings. The Labute approximate surface area is 89.1 Å². The molecule has 0 radical (unpaired) electrons. The van der Waals surface area contributed by atoms with Gasteiger partial charge in [0.25, 0.3) is 0 Å². The molecule has 0 bridgehead atoms. The minimum atomic E-state index is -1.16. The highest BCUT2D eigenvalue weighted by Crippen LogP contribution is 2.21. The van der Waals surface area contributed by atoms with Gasteiger partial charge in [-0.1, -0.05) is 11.6 Å². The summed E-state index contributed by atoms with van der Waals surface area (Å²) in [4.78, 5) is 14.8. The van der Waals surface area contributed by atoms with E-state index in [-0.39, 0.29) is 16.1 Å². The number of carboxylic acids is 1. The Morgan fingerprint density at radius 1 is 1.40 bits per heavy atom. The van der Waals surface area contributed by atoms with Gasteiger partial charge in [-0.05, 0) is 24.3 Å². The van der Waals surface area contributed by atoms with Gasteiger partial charge in [0.05, 0.1) is 11.1 Å². The van der Waals surface area contributed by atoms with Gasteiger partial charge in [0.2, 0.25) is 0 Å². The summed E-state index contributed by atoms with van der Waals surface area (Å²) in [5.74, 6) is -1.66. The number of aromatic carboxylic acids is 1. The molecule has 3 nitrogen and oxygen atoms in total. The molecule has 0 unspecified atom stereocenters. The Morgan fingerprint density at radius 2 is 2.13 bits per heavy atom. The fraction of sp³-hybridized carbons (Fsp3) is 0. The first-order valence-electron chi connectivity index (χ1n) is 4.07. The summed E-state index contributed by atoms with van der Waals surface area (Å²) in [5, 5.41) is 9.21. The molecule has 0 fully saturated rings. The predicted octanol–water partition coefficient (Wildman–Crippen LogP) is 2.73. The van der Waals surface area contributed by atoms with Crippen molar-refractivity contribution in [3.63, 3.8) is 0 Å². The van der Waals surface area contributed by atoms with E-state index in [1.165, 1.54) is 18.2 Å². The van der Waals surface area contributed by atoms with E-state index in [0.29, 0.717) is 5.52 Å². The van der Waals surface area contributed by atoms with Crippen LogP contribution in [0.5, 0.6) is 0 Å². The summed E-state index contributed by atoms with van der Waals surface area (Å²) in [6.07, 6.45) is 0. The number of aromatic nitrogens is 1. The van der Waals surface area contributed by atoms with E-state index in [4.69, 9.17) is 16.7 Å². The van der Waals surface area contributed by atoms with Crippen LogP contribution in [0.4, 0.5) is 4.39 Å². The number of fused-ring (bicyclic) bond motifs is 1. The van der Waals surface area contributed by atoms with Crippen LogP contribution in [-0.4, -0.2) is 16.1 Å². The third-order valence-corrected chi connectivity index (χ3v) is 2.16. The van der Waals surface area contributed by atoms with Crippen molar-refractivity contribution in [2.75, 3.05) is 0 Å². The SMILES string of the molecule is O=C(O)c1cc(Cl)nc2ccc(F)cc12. The molecule has 1 N–H and O–H groups in total. The minimum Gasteiger partial charge on any atom is -0.478 e. The fourth-order valence-corrected chi connectivity index (χ4v) is 1.54. The van der Waals surface area contributed by atoms with Gasteiger partial charge in [0.1, 0.15) is 11.0 Å². The van der Waals surface area contributed by atoms with Gasteiger partial charge in [-0.25, -0.2) is 14.2 Å². The molecule has 2 rings (SSSR count). The van der Waals surface area contributed by atoms with Gasteiger partial charge in [-0.15, -0.1) is 0 Å². The minimum absolute atomic E-state index is 0.0514. The second-order valence-electron chi connectivity index (χ2n) is 2.96. The van der Waals surface area contributed by atoms with E-state index in [9.17, 15) is 9.18 Å².